The molecule has 0 saturated heterocycles. The number of phenols is 1. The summed E-state index contributed by atoms with van der Waals surface area (Å²) >= 11 is 0. The fraction of sp³-hybridized carbons (Fsp3) is 0.0952. The fourth-order valence-corrected chi connectivity index (χ4v) is 2.62. The molecular formula is C21H19N3O4. The summed E-state index contributed by atoms with van der Waals surface area (Å²) in [4.78, 5) is 23.9. The lowest BCUT2D eigenvalue weighted by atomic mass is 10.0. The molecule has 0 spiro atoms. The molecule has 7 heteroatoms. The molecule has 0 unspecified atom stereocenters. The van der Waals surface area contributed by atoms with Gasteiger partial charge in [-0.3, -0.25) is 9.59 Å². The number of rotatable bonds is 5. The van der Waals surface area contributed by atoms with Crippen LogP contribution < -0.4 is 15.5 Å². The number of benzene rings is 3. The molecular weight excluding hydrogens is 358 g/mol. The van der Waals surface area contributed by atoms with Crippen molar-refractivity contribution in [3.8, 4) is 11.5 Å². The average molecular weight is 377 g/mol. The average Bonchev–Trinajstić information content (AvgIpc) is 2.71. The van der Waals surface area contributed by atoms with Crippen molar-refractivity contribution in [3.05, 3.63) is 66.2 Å². The summed E-state index contributed by atoms with van der Waals surface area (Å²) in [5.41, 5.74) is 3.06. The number of nitrogens with zero attached hydrogens (tertiary/aromatic N) is 1. The summed E-state index contributed by atoms with van der Waals surface area (Å²) in [5, 5.41) is 18.0. The molecule has 0 aliphatic carbocycles. The zero-order valence-electron chi connectivity index (χ0n) is 15.2. The van der Waals surface area contributed by atoms with Gasteiger partial charge in [-0.2, -0.15) is 5.10 Å². The minimum atomic E-state index is -0.926. The molecule has 28 heavy (non-hydrogen) atoms. The van der Waals surface area contributed by atoms with Crippen molar-refractivity contribution in [3.63, 3.8) is 0 Å². The Hall–Kier alpha value is -3.87. The number of anilines is 1. The molecule has 0 radical (unpaired) electrons. The smallest absolute Gasteiger partial charge is 0.329 e. The topological polar surface area (TPSA) is 100 Å². The molecule has 0 bridgehead atoms. The molecule has 0 fully saturated rings. The van der Waals surface area contributed by atoms with Crippen LogP contribution in [0.25, 0.3) is 10.8 Å². The number of phenolic OH excluding ortho intramolecular Hbond substituents is 1. The minimum absolute atomic E-state index is 0.0236. The highest BCUT2D eigenvalue weighted by molar-refractivity contribution is 6.39. The molecule has 0 heterocycles. The van der Waals surface area contributed by atoms with Crippen LogP contribution in [0.15, 0.2) is 65.8 Å². The first kappa shape index (κ1) is 18.9. The van der Waals surface area contributed by atoms with Crippen LogP contribution in [0.2, 0.25) is 0 Å². The van der Waals surface area contributed by atoms with Crippen molar-refractivity contribution in [1.82, 2.24) is 5.43 Å². The van der Waals surface area contributed by atoms with E-state index in [9.17, 15) is 14.7 Å². The lowest BCUT2D eigenvalue weighted by molar-refractivity contribution is -0.136. The molecule has 0 aliphatic rings. The van der Waals surface area contributed by atoms with Crippen molar-refractivity contribution >= 4 is 34.5 Å². The summed E-state index contributed by atoms with van der Waals surface area (Å²) in [7, 11) is 0. The molecule has 3 aromatic carbocycles. The van der Waals surface area contributed by atoms with Gasteiger partial charge in [0.15, 0.2) is 0 Å². The third-order valence-electron chi connectivity index (χ3n) is 3.94. The third-order valence-corrected chi connectivity index (χ3v) is 3.94. The molecule has 3 aromatic rings. The number of hydrazone groups is 1. The highest BCUT2D eigenvalue weighted by atomic mass is 16.5. The van der Waals surface area contributed by atoms with Crippen molar-refractivity contribution in [2.75, 3.05) is 11.9 Å². The van der Waals surface area contributed by atoms with Crippen molar-refractivity contribution in [2.24, 2.45) is 5.10 Å². The summed E-state index contributed by atoms with van der Waals surface area (Å²) < 4.78 is 5.32. The highest BCUT2D eigenvalue weighted by Gasteiger charge is 2.13. The van der Waals surface area contributed by atoms with E-state index in [-0.39, 0.29) is 5.75 Å². The number of amides is 2. The SMILES string of the molecule is CCOc1ccc(NC(=O)C(=O)N/N=C/c2c(O)ccc3ccccc23)cc1. The van der Waals surface area contributed by atoms with Crippen molar-refractivity contribution in [2.45, 2.75) is 6.92 Å². The molecule has 0 aliphatic heterocycles. The van der Waals surface area contributed by atoms with Gasteiger partial charge in [0.2, 0.25) is 0 Å². The maximum absolute atomic E-state index is 12.0. The van der Waals surface area contributed by atoms with Crippen molar-refractivity contribution in [1.29, 1.82) is 0 Å². The molecule has 142 valence electrons. The van der Waals surface area contributed by atoms with E-state index in [0.717, 1.165) is 10.8 Å². The predicted molar refractivity (Wildman–Crippen MR) is 108 cm³/mol. The molecule has 3 rings (SSSR count). The second-order valence-electron chi connectivity index (χ2n) is 5.83. The highest BCUT2D eigenvalue weighted by Crippen LogP contribution is 2.25. The maximum Gasteiger partial charge on any atom is 0.329 e. The Balaban J connectivity index is 1.63. The zero-order chi connectivity index (χ0) is 19.9. The predicted octanol–water partition coefficient (Wildman–Crippen LogP) is 3.03. The Bertz CT molecular complexity index is 1030. The van der Waals surface area contributed by atoms with E-state index in [4.69, 9.17) is 4.74 Å². The Kier molecular flexibility index (Phi) is 5.86. The van der Waals surface area contributed by atoms with E-state index >= 15 is 0 Å². The van der Waals surface area contributed by atoms with Gasteiger partial charge in [0.1, 0.15) is 11.5 Å². The second kappa shape index (κ2) is 8.68. The Labute approximate surface area is 161 Å². The quantitative estimate of drug-likeness (QED) is 0.361. The largest absolute Gasteiger partial charge is 0.507 e. The maximum atomic E-state index is 12.0. The molecule has 3 N–H and O–H groups in total. The second-order valence-corrected chi connectivity index (χ2v) is 5.83. The monoisotopic (exact) mass is 377 g/mol. The summed E-state index contributed by atoms with van der Waals surface area (Å²) in [6.07, 6.45) is 1.31. The van der Waals surface area contributed by atoms with Crippen LogP contribution in [0, 0.1) is 0 Å². The number of ether oxygens (including phenoxy) is 1. The van der Waals surface area contributed by atoms with E-state index in [1.54, 1.807) is 36.4 Å². The molecule has 0 saturated carbocycles. The first-order valence-electron chi connectivity index (χ1n) is 8.66. The summed E-state index contributed by atoms with van der Waals surface area (Å²) in [5.74, 6) is -1.09. The van der Waals surface area contributed by atoms with Crippen LogP contribution in [-0.4, -0.2) is 29.7 Å². The number of carbonyl (C=O) groups is 2. The Morgan fingerprint density at radius 1 is 1.04 bits per heavy atom. The Morgan fingerprint density at radius 2 is 1.79 bits per heavy atom. The number of carbonyl (C=O) groups excluding carboxylic acids is 2. The van der Waals surface area contributed by atoms with Gasteiger partial charge in [-0.1, -0.05) is 30.3 Å². The zero-order valence-corrected chi connectivity index (χ0v) is 15.2. The summed E-state index contributed by atoms with van der Waals surface area (Å²) in [6.45, 7) is 2.41. The van der Waals surface area contributed by atoms with Crippen molar-refractivity contribution < 1.29 is 19.4 Å². The van der Waals surface area contributed by atoms with Gasteiger partial charge in [0.05, 0.1) is 12.8 Å². The molecule has 0 aromatic heterocycles. The van der Waals surface area contributed by atoms with Gasteiger partial charge in [-0.15, -0.1) is 0 Å². The van der Waals surface area contributed by atoms with Gasteiger partial charge < -0.3 is 15.2 Å². The number of fused-ring (bicyclic) bond motifs is 1. The molecule has 2 amide bonds. The number of nitrogens with one attached hydrogen (secondary N) is 2. The lowest BCUT2D eigenvalue weighted by Gasteiger charge is -2.06. The van der Waals surface area contributed by atoms with Crippen LogP contribution in [0.1, 0.15) is 12.5 Å². The van der Waals surface area contributed by atoms with Crippen LogP contribution in [-0.2, 0) is 9.59 Å². The molecule has 7 nitrogen and oxygen atoms in total. The van der Waals surface area contributed by atoms with Crippen LogP contribution in [0.3, 0.4) is 0 Å². The van der Waals surface area contributed by atoms with E-state index in [0.29, 0.717) is 23.6 Å². The summed E-state index contributed by atoms with van der Waals surface area (Å²) in [6, 6.07) is 17.4. The van der Waals surface area contributed by atoms with Crippen LogP contribution >= 0.6 is 0 Å². The fourth-order valence-electron chi connectivity index (χ4n) is 2.62. The third kappa shape index (κ3) is 4.45. The van der Waals surface area contributed by atoms with Gasteiger partial charge in [0.25, 0.3) is 0 Å². The van der Waals surface area contributed by atoms with Crippen LogP contribution in [0.5, 0.6) is 11.5 Å². The van der Waals surface area contributed by atoms with Crippen LogP contribution in [0.4, 0.5) is 5.69 Å². The van der Waals surface area contributed by atoms with Gasteiger partial charge in [0, 0.05) is 11.3 Å². The first-order valence-corrected chi connectivity index (χ1v) is 8.66. The standard InChI is InChI=1S/C21H19N3O4/c1-2-28-16-10-8-15(9-11-16)23-20(26)21(27)24-22-13-18-17-6-4-3-5-14(17)7-12-19(18)25/h3-13,25H,2H2,1H3,(H,23,26)(H,24,27)/b22-13+. The van der Waals surface area contributed by atoms with E-state index in [1.165, 1.54) is 6.21 Å². The van der Waals surface area contributed by atoms with Gasteiger partial charge in [-0.25, -0.2) is 5.43 Å². The van der Waals surface area contributed by atoms with Gasteiger partial charge in [-0.05, 0) is 48.0 Å². The normalized spacial score (nSPS) is 10.8. The number of hydrogen-bond acceptors (Lipinski definition) is 5. The van der Waals surface area contributed by atoms with E-state index in [1.807, 2.05) is 31.2 Å². The van der Waals surface area contributed by atoms with E-state index in [2.05, 4.69) is 15.8 Å². The number of hydrogen-bond donors (Lipinski definition) is 3. The lowest BCUT2D eigenvalue weighted by Crippen LogP contribution is -2.32. The minimum Gasteiger partial charge on any atom is -0.507 e. The van der Waals surface area contributed by atoms with E-state index < -0.39 is 11.8 Å². The first-order chi connectivity index (χ1) is 13.6. The Morgan fingerprint density at radius 3 is 2.54 bits per heavy atom. The van der Waals surface area contributed by atoms with Gasteiger partial charge >= 0.3 is 11.8 Å². The molecule has 0 atom stereocenters. The number of aromatic hydroxyl groups is 1.